The quantitative estimate of drug-likeness (QED) is 0.861. The van der Waals surface area contributed by atoms with Crippen LogP contribution in [0.15, 0.2) is 54.6 Å². The van der Waals surface area contributed by atoms with E-state index in [1.54, 1.807) is 12.1 Å². The Kier molecular flexibility index (Phi) is 5.47. The molecule has 0 unspecified atom stereocenters. The lowest BCUT2D eigenvalue weighted by Gasteiger charge is -2.25. The highest BCUT2D eigenvalue weighted by Crippen LogP contribution is 2.35. The number of halogens is 1. The lowest BCUT2D eigenvalue weighted by Crippen LogP contribution is -2.36. The lowest BCUT2D eigenvalue weighted by atomic mass is 9.91. The summed E-state index contributed by atoms with van der Waals surface area (Å²) >= 11 is 0. The van der Waals surface area contributed by atoms with Gasteiger partial charge in [0.1, 0.15) is 11.6 Å². The molecule has 3 rings (SSSR count). The van der Waals surface area contributed by atoms with Gasteiger partial charge in [0.05, 0.1) is 6.04 Å². The molecule has 1 saturated carbocycles. The second kappa shape index (κ2) is 7.95. The average molecular weight is 327 g/mol. The van der Waals surface area contributed by atoms with Crippen molar-refractivity contribution < 1.29 is 13.9 Å². The number of amides is 1. The van der Waals surface area contributed by atoms with Crippen molar-refractivity contribution in [2.24, 2.45) is 5.92 Å². The van der Waals surface area contributed by atoms with E-state index in [-0.39, 0.29) is 24.4 Å². The molecule has 1 amide bonds. The molecule has 1 N–H and O–H groups in total. The third kappa shape index (κ3) is 4.34. The minimum Gasteiger partial charge on any atom is -0.484 e. The normalized spacial score (nSPS) is 15.9. The fourth-order valence-electron chi connectivity index (χ4n) is 3.31. The SMILES string of the molecule is O=C(COc1ccccc1)N[C@@H](c1ccc(F)cc1)C1CCCC1. The van der Waals surface area contributed by atoms with Crippen molar-refractivity contribution in [2.45, 2.75) is 31.7 Å². The van der Waals surface area contributed by atoms with Gasteiger partial charge in [-0.1, -0.05) is 43.2 Å². The van der Waals surface area contributed by atoms with Crippen LogP contribution in [0.25, 0.3) is 0 Å². The van der Waals surface area contributed by atoms with E-state index in [4.69, 9.17) is 4.74 Å². The van der Waals surface area contributed by atoms with Gasteiger partial charge in [-0.3, -0.25) is 4.79 Å². The fraction of sp³-hybridized carbons (Fsp3) is 0.350. The van der Waals surface area contributed by atoms with Crippen molar-refractivity contribution in [3.05, 3.63) is 66.0 Å². The Morgan fingerprint density at radius 1 is 1.08 bits per heavy atom. The number of para-hydroxylation sites is 1. The van der Waals surface area contributed by atoms with Gasteiger partial charge in [-0.25, -0.2) is 4.39 Å². The smallest absolute Gasteiger partial charge is 0.258 e. The van der Waals surface area contributed by atoms with E-state index in [9.17, 15) is 9.18 Å². The third-order valence-electron chi connectivity index (χ3n) is 4.53. The molecule has 3 nitrogen and oxygen atoms in total. The van der Waals surface area contributed by atoms with E-state index >= 15 is 0 Å². The molecule has 0 spiro atoms. The van der Waals surface area contributed by atoms with Crippen LogP contribution in [-0.4, -0.2) is 12.5 Å². The fourth-order valence-corrected chi connectivity index (χ4v) is 3.31. The molecular formula is C20H22FNO2. The average Bonchev–Trinajstić information content (AvgIpc) is 3.14. The zero-order valence-corrected chi connectivity index (χ0v) is 13.6. The van der Waals surface area contributed by atoms with Crippen molar-refractivity contribution in [1.82, 2.24) is 5.32 Å². The standard InChI is InChI=1S/C20H22FNO2/c21-17-12-10-16(11-13-17)20(15-6-4-5-7-15)22-19(23)14-24-18-8-2-1-3-9-18/h1-3,8-13,15,20H,4-7,14H2,(H,22,23)/t20-/m1/s1. The van der Waals surface area contributed by atoms with Gasteiger partial charge in [-0.2, -0.15) is 0 Å². The van der Waals surface area contributed by atoms with Crippen LogP contribution in [0.3, 0.4) is 0 Å². The van der Waals surface area contributed by atoms with Crippen LogP contribution in [0.5, 0.6) is 5.75 Å². The summed E-state index contributed by atoms with van der Waals surface area (Å²) in [5.74, 6) is 0.658. The van der Waals surface area contributed by atoms with Gasteiger partial charge >= 0.3 is 0 Å². The molecule has 0 radical (unpaired) electrons. The van der Waals surface area contributed by atoms with Gasteiger partial charge in [0.15, 0.2) is 6.61 Å². The minimum atomic E-state index is -0.261. The number of carbonyl (C=O) groups excluding carboxylic acids is 1. The van der Waals surface area contributed by atoms with Crippen molar-refractivity contribution >= 4 is 5.91 Å². The maximum Gasteiger partial charge on any atom is 0.258 e. The summed E-state index contributed by atoms with van der Waals surface area (Å²) in [5.41, 5.74) is 0.955. The second-order valence-corrected chi connectivity index (χ2v) is 6.24. The van der Waals surface area contributed by atoms with E-state index in [1.165, 1.54) is 25.0 Å². The lowest BCUT2D eigenvalue weighted by molar-refractivity contribution is -0.124. The van der Waals surface area contributed by atoms with Crippen molar-refractivity contribution in [3.63, 3.8) is 0 Å². The predicted octanol–water partition coefficient (Wildman–Crippen LogP) is 4.25. The number of ether oxygens (including phenoxy) is 1. The van der Waals surface area contributed by atoms with Gasteiger partial charge in [-0.15, -0.1) is 0 Å². The van der Waals surface area contributed by atoms with Gasteiger partial charge in [-0.05, 0) is 48.6 Å². The molecule has 2 aromatic carbocycles. The number of benzene rings is 2. The molecule has 24 heavy (non-hydrogen) atoms. The van der Waals surface area contributed by atoms with E-state index < -0.39 is 0 Å². The van der Waals surface area contributed by atoms with Crippen LogP contribution in [-0.2, 0) is 4.79 Å². The highest BCUT2D eigenvalue weighted by atomic mass is 19.1. The van der Waals surface area contributed by atoms with Crippen LogP contribution in [0, 0.1) is 11.7 Å². The topological polar surface area (TPSA) is 38.3 Å². The Balaban J connectivity index is 1.64. The molecule has 1 aliphatic rings. The summed E-state index contributed by atoms with van der Waals surface area (Å²) in [4.78, 5) is 12.3. The van der Waals surface area contributed by atoms with Crippen LogP contribution in [0.2, 0.25) is 0 Å². The van der Waals surface area contributed by atoms with Crippen LogP contribution in [0.1, 0.15) is 37.3 Å². The summed E-state index contributed by atoms with van der Waals surface area (Å²) in [7, 11) is 0. The van der Waals surface area contributed by atoms with E-state index in [1.807, 2.05) is 30.3 Å². The van der Waals surface area contributed by atoms with Gasteiger partial charge in [0.25, 0.3) is 5.91 Å². The summed E-state index contributed by atoms with van der Waals surface area (Å²) in [6.45, 7) is -0.0194. The summed E-state index contributed by atoms with van der Waals surface area (Å²) in [5, 5.41) is 3.08. The molecule has 0 heterocycles. The molecule has 1 atom stereocenters. The van der Waals surface area contributed by atoms with Gasteiger partial charge in [0, 0.05) is 0 Å². The first-order valence-corrected chi connectivity index (χ1v) is 8.45. The number of hydrogen-bond donors (Lipinski definition) is 1. The molecule has 0 aromatic heterocycles. The molecule has 0 saturated heterocycles. The summed E-state index contributed by atoms with van der Waals surface area (Å²) in [6.07, 6.45) is 4.53. The number of rotatable bonds is 6. The van der Waals surface area contributed by atoms with Crippen LogP contribution >= 0.6 is 0 Å². The highest BCUT2D eigenvalue weighted by molar-refractivity contribution is 5.78. The highest BCUT2D eigenvalue weighted by Gasteiger charge is 2.27. The molecule has 1 aliphatic carbocycles. The van der Waals surface area contributed by atoms with E-state index in [0.717, 1.165) is 18.4 Å². The number of carbonyl (C=O) groups is 1. The van der Waals surface area contributed by atoms with Crippen LogP contribution < -0.4 is 10.1 Å². The Hall–Kier alpha value is -2.36. The number of nitrogens with one attached hydrogen (secondary N) is 1. The molecule has 126 valence electrons. The minimum absolute atomic E-state index is 0.0194. The molecule has 4 heteroatoms. The first-order valence-electron chi connectivity index (χ1n) is 8.45. The Morgan fingerprint density at radius 3 is 2.42 bits per heavy atom. The van der Waals surface area contributed by atoms with Crippen molar-refractivity contribution in [1.29, 1.82) is 0 Å². The van der Waals surface area contributed by atoms with Crippen molar-refractivity contribution in [3.8, 4) is 5.75 Å². The Morgan fingerprint density at radius 2 is 1.75 bits per heavy atom. The zero-order valence-electron chi connectivity index (χ0n) is 13.6. The van der Waals surface area contributed by atoms with E-state index in [2.05, 4.69) is 5.32 Å². The summed E-state index contributed by atoms with van der Waals surface area (Å²) in [6, 6.07) is 15.6. The maximum absolute atomic E-state index is 13.2. The molecule has 0 bridgehead atoms. The number of hydrogen-bond acceptors (Lipinski definition) is 2. The second-order valence-electron chi connectivity index (χ2n) is 6.24. The largest absolute Gasteiger partial charge is 0.484 e. The first kappa shape index (κ1) is 16.5. The maximum atomic E-state index is 13.2. The zero-order chi connectivity index (χ0) is 16.8. The van der Waals surface area contributed by atoms with Gasteiger partial charge in [0.2, 0.25) is 0 Å². The van der Waals surface area contributed by atoms with Crippen molar-refractivity contribution in [2.75, 3.05) is 6.61 Å². The summed E-state index contributed by atoms with van der Waals surface area (Å²) < 4.78 is 18.7. The first-order chi connectivity index (χ1) is 11.7. The molecule has 1 fully saturated rings. The Bertz CT molecular complexity index is 651. The van der Waals surface area contributed by atoms with Gasteiger partial charge < -0.3 is 10.1 Å². The van der Waals surface area contributed by atoms with E-state index in [0.29, 0.717) is 11.7 Å². The predicted molar refractivity (Wildman–Crippen MR) is 91.2 cm³/mol. The Labute approximate surface area is 141 Å². The molecular weight excluding hydrogens is 305 g/mol. The van der Waals surface area contributed by atoms with Crippen LogP contribution in [0.4, 0.5) is 4.39 Å². The monoisotopic (exact) mass is 327 g/mol. The molecule has 2 aromatic rings. The third-order valence-corrected chi connectivity index (χ3v) is 4.53. The molecule has 0 aliphatic heterocycles.